The lowest BCUT2D eigenvalue weighted by atomic mass is 9.95. The van der Waals surface area contributed by atoms with Crippen molar-refractivity contribution in [1.82, 2.24) is 0 Å². The first-order chi connectivity index (χ1) is 9.66. The number of benzene rings is 2. The number of hydrogen-bond donors (Lipinski definition) is 1. The number of fused-ring (bicyclic) bond motifs is 1. The normalized spacial score (nSPS) is 15.3. The minimum absolute atomic E-state index is 0.260. The minimum Gasteiger partial charge on any atom is -0.493 e. The van der Waals surface area contributed by atoms with Crippen LogP contribution in [-0.4, -0.2) is 11.7 Å². The first-order valence-corrected chi connectivity index (χ1v) is 7.33. The van der Waals surface area contributed by atoms with E-state index >= 15 is 0 Å². The highest BCUT2D eigenvalue weighted by Gasteiger charge is 2.22. The van der Waals surface area contributed by atoms with Gasteiger partial charge in [-0.2, -0.15) is 0 Å². The van der Waals surface area contributed by atoms with E-state index in [4.69, 9.17) is 4.74 Å². The van der Waals surface area contributed by atoms with Gasteiger partial charge in [0.15, 0.2) is 0 Å². The van der Waals surface area contributed by atoms with Crippen LogP contribution in [0.2, 0.25) is 0 Å². The Morgan fingerprint density at radius 2 is 2.05 bits per heavy atom. The van der Waals surface area contributed by atoms with Crippen molar-refractivity contribution in [2.75, 3.05) is 6.61 Å². The van der Waals surface area contributed by atoms with Crippen LogP contribution < -0.4 is 4.74 Å². The molecule has 2 nitrogen and oxygen atoms in total. The van der Waals surface area contributed by atoms with E-state index < -0.39 is 11.9 Å². The fourth-order valence-corrected chi connectivity index (χ4v) is 2.85. The quantitative estimate of drug-likeness (QED) is 0.898. The Balaban J connectivity index is 2.04. The van der Waals surface area contributed by atoms with Crippen LogP contribution in [0.5, 0.6) is 5.75 Å². The smallest absolute Gasteiger partial charge is 0.130 e. The molecule has 0 amide bonds. The molecule has 2 aromatic carbocycles. The predicted octanol–water partition coefficient (Wildman–Crippen LogP) is 3.99. The summed E-state index contributed by atoms with van der Waals surface area (Å²) in [4.78, 5) is 0. The first kappa shape index (κ1) is 13.6. The molecule has 1 N–H and O–H groups in total. The zero-order valence-electron chi connectivity index (χ0n) is 10.8. The standard InChI is InChI=1S/C16H14BrFO2/c17-11-6-7-12(14(18)9-11)15(19)13-5-1-3-10-4-2-8-20-16(10)13/h1,3,5-7,9,15,19H,2,4,8H2. The third-order valence-corrected chi connectivity index (χ3v) is 4.01. The molecule has 1 unspecified atom stereocenters. The summed E-state index contributed by atoms with van der Waals surface area (Å²) in [6, 6.07) is 10.3. The van der Waals surface area contributed by atoms with Crippen molar-refractivity contribution >= 4 is 15.9 Å². The second-order valence-electron chi connectivity index (χ2n) is 4.86. The molecular weight excluding hydrogens is 323 g/mol. The van der Waals surface area contributed by atoms with Crippen LogP contribution in [0.3, 0.4) is 0 Å². The predicted molar refractivity (Wildman–Crippen MR) is 78.4 cm³/mol. The van der Waals surface area contributed by atoms with Crippen molar-refractivity contribution in [3.05, 3.63) is 63.4 Å². The summed E-state index contributed by atoms with van der Waals surface area (Å²) in [5, 5.41) is 10.5. The highest BCUT2D eigenvalue weighted by Crippen LogP contribution is 2.36. The van der Waals surface area contributed by atoms with Crippen molar-refractivity contribution < 1.29 is 14.2 Å². The van der Waals surface area contributed by atoms with E-state index in [1.807, 2.05) is 12.1 Å². The lowest BCUT2D eigenvalue weighted by molar-refractivity contribution is 0.202. The Morgan fingerprint density at radius 1 is 1.20 bits per heavy atom. The Hall–Kier alpha value is -1.39. The van der Waals surface area contributed by atoms with Crippen molar-refractivity contribution in [3.8, 4) is 5.75 Å². The SMILES string of the molecule is OC(c1ccc(Br)cc1F)c1cccc2c1OCCC2. The molecule has 3 rings (SSSR count). The molecule has 1 aliphatic heterocycles. The number of halogens is 2. The number of aliphatic hydroxyl groups excluding tert-OH is 1. The molecule has 1 atom stereocenters. The molecule has 0 fully saturated rings. The second kappa shape index (κ2) is 5.54. The number of aryl methyl sites for hydroxylation is 1. The van der Waals surface area contributed by atoms with Gasteiger partial charge in [-0.05, 0) is 30.5 Å². The molecule has 0 spiro atoms. The van der Waals surface area contributed by atoms with Crippen molar-refractivity contribution in [2.45, 2.75) is 18.9 Å². The summed E-state index contributed by atoms with van der Waals surface area (Å²) in [5.41, 5.74) is 1.96. The molecular formula is C16H14BrFO2. The Labute approximate surface area is 125 Å². The van der Waals surface area contributed by atoms with Crippen LogP contribution in [0.25, 0.3) is 0 Å². The number of para-hydroxylation sites is 1. The first-order valence-electron chi connectivity index (χ1n) is 6.54. The zero-order valence-corrected chi connectivity index (χ0v) is 12.4. The molecule has 0 radical (unpaired) electrons. The number of hydrogen-bond acceptors (Lipinski definition) is 2. The van der Waals surface area contributed by atoms with E-state index in [1.54, 1.807) is 18.2 Å². The van der Waals surface area contributed by atoms with E-state index in [2.05, 4.69) is 15.9 Å². The highest BCUT2D eigenvalue weighted by atomic mass is 79.9. The maximum absolute atomic E-state index is 14.0. The van der Waals surface area contributed by atoms with Gasteiger partial charge >= 0.3 is 0 Å². The fraction of sp³-hybridized carbons (Fsp3) is 0.250. The van der Waals surface area contributed by atoms with E-state index in [0.29, 0.717) is 22.4 Å². The van der Waals surface area contributed by atoms with Gasteiger partial charge in [-0.25, -0.2) is 4.39 Å². The van der Waals surface area contributed by atoms with Crippen LogP contribution in [0.15, 0.2) is 40.9 Å². The molecule has 4 heteroatoms. The molecule has 0 aliphatic carbocycles. The molecule has 0 saturated heterocycles. The van der Waals surface area contributed by atoms with Gasteiger partial charge in [-0.1, -0.05) is 40.2 Å². The van der Waals surface area contributed by atoms with Crippen LogP contribution in [0.4, 0.5) is 4.39 Å². The summed E-state index contributed by atoms with van der Waals surface area (Å²) in [6.45, 7) is 0.638. The maximum atomic E-state index is 14.0. The summed E-state index contributed by atoms with van der Waals surface area (Å²) < 4.78 is 20.3. The van der Waals surface area contributed by atoms with Gasteiger partial charge in [-0.15, -0.1) is 0 Å². The number of rotatable bonds is 2. The second-order valence-corrected chi connectivity index (χ2v) is 5.77. The number of aliphatic hydroxyl groups is 1. The third-order valence-electron chi connectivity index (χ3n) is 3.52. The van der Waals surface area contributed by atoms with Gasteiger partial charge in [-0.3, -0.25) is 0 Å². The van der Waals surface area contributed by atoms with Crippen molar-refractivity contribution in [3.63, 3.8) is 0 Å². The Kier molecular flexibility index (Phi) is 3.76. The third kappa shape index (κ3) is 2.45. The maximum Gasteiger partial charge on any atom is 0.130 e. The lowest BCUT2D eigenvalue weighted by Gasteiger charge is -2.23. The van der Waals surface area contributed by atoms with E-state index in [9.17, 15) is 9.50 Å². The van der Waals surface area contributed by atoms with Crippen LogP contribution >= 0.6 is 15.9 Å². The van der Waals surface area contributed by atoms with Gasteiger partial charge in [0.25, 0.3) is 0 Å². The van der Waals surface area contributed by atoms with Gasteiger partial charge < -0.3 is 9.84 Å². The average Bonchev–Trinajstić information content (AvgIpc) is 2.46. The fourth-order valence-electron chi connectivity index (χ4n) is 2.52. The van der Waals surface area contributed by atoms with Gasteiger partial charge in [0.1, 0.15) is 17.7 Å². The lowest BCUT2D eigenvalue weighted by Crippen LogP contribution is -2.13. The monoisotopic (exact) mass is 336 g/mol. The molecule has 0 saturated carbocycles. The summed E-state index contributed by atoms with van der Waals surface area (Å²) in [5.74, 6) is 0.272. The average molecular weight is 337 g/mol. The van der Waals surface area contributed by atoms with Gasteiger partial charge in [0.2, 0.25) is 0 Å². The zero-order chi connectivity index (χ0) is 14.1. The van der Waals surface area contributed by atoms with Crippen LogP contribution in [0.1, 0.15) is 29.2 Å². The van der Waals surface area contributed by atoms with Crippen LogP contribution in [0, 0.1) is 5.82 Å². The molecule has 20 heavy (non-hydrogen) atoms. The van der Waals surface area contributed by atoms with Crippen molar-refractivity contribution in [1.29, 1.82) is 0 Å². The molecule has 2 aromatic rings. The molecule has 1 heterocycles. The summed E-state index contributed by atoms with van der Waals surface area (Å²) in [7, 11) is 0. The van der Waals surface area contributed by atoms with Gasteiger partial charge in [0.05, 0.1) is 6.61 Å². The molecule has 1 aliphatic rings. The Bertz CT molecular complexity index is 642. The minimum atomic E-state index is -1.02. The van der Waals surface area contributed by atoms with E-state index in [-0.39, 0.29) is 5.56 Å². The largest absolute Gasteiger partial charge is 0.493 e. The summed E-state index contributed by atoms with van der Waals surface area (Å²) in [6.07, 6.45) is 0.883. The molecule has 104 valence electrons. The van der Waals surface area contributed by atoms with Gasteiger partial charge in [0, 0.05) is 15.6 Å². The summed E-state index contributed by atoms with van der Waals surface area (Å²) >= 11 is 3.22. The molecule has 0 aromatic heterocycles. The van der Waals surface area contributed by atoms with Crippen LogP contribution in [-0.2, 0) is 6.42 Å². The Morgan fingerprint density at radius 3 is 2.85 bits per heavy atom. The highest BCUT2D eigenvalue weighted by molar-refractivity contribution is 9.10. The van der Waals surface area contributed by atoms with E-state index in [0.717, 1.165) is 18.4 Å². The number of ether oxygens (including phenoxy) is 1. The van der Waals surface area contributed by atoms with Crippen molar-refractivity contribution in [2.24, 2.45) is 0 Å². The molecule has 0 bridgehead atoms. The van der Waals surface area contributed by atoms with E-state index in [1.165, 1.54) is 6.07 Å². The topological polar surface area (TPSA) is 29.5 Å².